The van der Waals surface area contributed by atoms with Gasteiger partial charge in [-0.15, -0.1) is 0 Å². The average Bonchev–Trinajstić information content (AvgIpc) is 2.56. The molecule has 74 valence electrons. The second-order valence-corrected chi connectivity index (χ2v) is 3.99. The lowest BCUT2D eigenvalue weighted by Crippen LogP contribution is -2.22. The number of urea groups is 1. The van der Waals surface area contributed by atoms with Crippen LogP contribution in [0.5, 0.6) is 0 Å². The van der Waals surface area contributed by atoms with Crippen molar-refractivity contribution in [2.75, 3.05) is 6.54 Å². The van der Waals surface area contributed by atoms with Crippen LogP contribution in [0.15, 0.2) is 22.7 Å². The molecule has 1 saturated heterocycles. The summed E-state index contributed by atoms with van der Waals surface area (Å²) < 4.78 is 14.1. The zero-order valence-corrected chi connectivity index (χ0v) is 8.77. The number of hydrogen-bond acceptors (Lipinski definition) is 1. The summed E-state index contributed by atoms with van der Waals surface area (Å²) in [6, 6.07) is 4.15. The third-order valence-corrected chi connectivity index (χ3v) is 2.60. The number of rotatable bonds is 1. The van der Waals surface area contributed by atoms with E-state index in [1.165, 1.54) is 6.07 Å². The molecule has 2 N–H and O–H groups in total. The first kappa shape index (κ1) is 9.45. The van der Waals surface area contributed by atoms with E-state index >= 15 is 0 Å². The monoisotopic (exact) mass is 258 g/mol. The van der Waals surface area contributed by atoms with E-state index < -0.39 is 0 Å². The van der Waals surface area contributed by atoms with E-state index in [9.17, 15) is 9.18 Å². The molecule has 1 atom stereocenters. The molecule has 0 aromatic heterocycles. The van der Waals surface area contributed by atoms with Gasteiger partial charge >= 0.3 is 6.03 Å². The van der Waals surface area contributed by atoms with E-state index in [-0.39, 0.29) is 17.9 Å². The third-order valence-electron chi connectivity index (χ3n) is 2.11. The normalized spacial score (nSPS) is 20.4. The molecule has 0 saturated carbocycles. The maximum Gasteiger partial charge on any atom is 0.315 e. The van der Waals surface area contributed by atoms with Crippen LogP contribution in [0.3, 0.4) is 0 Å². The lowest BCUT2D eigenvalue weighted by atomic mass is 10.1. The largest absolute Gasteiger partial charge is 0.336 e. The maximum absolute atomic E-state index is 13.3. The van der Waals surface area contributed by atoms with E-state index in [2.05, 4.69) is 26.6 Å². The maximum atomic E-state index is 13.3. The van der Waals surface area contributed by atoms with Crippen molar-refractivity contribution < 1.29 is 9.18 Å². The predicted molar refractivity (Wildman–Crippen MR) is 53.4 cm³/mol. The van der Waals surface area contributed by atoms with Crippen LogP contribution in [0.2, 0.25) is 0 Å². The fourth-order valence-electron chi connectivity index (χ4n) is 1.42. The van der Waals surface area contributed by atoms with E-state index in [0.717, 1.165) is 4.47 Å². The van der Waals surface area contributed by atoms with Gasteiger partial charge in [0, 0.05) is 16.6 Å². The molecule has 1 aliphatic rings. The van der Waals surface area contributed by atoms with Gasteiger partial charge in [0.1, 0.15) is 5.82 Å². The SMILES string of the molecule is O=C1NC[C@@H](c2cc(Br)ccc2F)N1. The van der Waals surface area contributed by atoms with Gasteiger partial charge in [0.2, 0.25) is 0 Å². The third kappa shape index (κ3) is 1.72. The molecule has 3 nitrogen and oxygen atoms in total. The van der Waals surface area contributed by atoms with E-state index in [4.69, 9.17) is 0 Å². The summed E-state index contributed by atoms with van der Waals surface area (Å²) in [4.78, 5) is 10.9. The molecule has 0 aliphatic carbocycles. The molecule has 1 heterocycles. The zero-order chi connectivity index (χ0) is 10.1. The van der Waals surface area contributed by atoms with Crippen molar-refractivity contribution in [2.45, 2.75) is 6.04 Å². The summed E-state index contributed by atoms with van der Waals surface area (Å²) in [5.74, 6) is -0.304. The Morgan fingerprint density at radius 2 is 2.29 bits per heavy atom. The standard InChI is InChI=1S/C9H8BrFN2O/c10-5-1-2-7(11)6(3-5)8-4-12-9(14)13-8/h1-3,8H,4H2,(H2,12,13,14)/t8-/m0/s1. The highest BCUT2D eigenvalue weighted by Gasteiger charge is 2.24. The minimum Gasteiger partial charge on any atom is -0.336 e. The van der Waals surface area contributed by atoms with Gasteiger partial charge in [-0.2, -0.15) is 0 Å². The second kappa shape index (κ2) is 3.57. The van der Waals surface area contributed by atoms with Gasteiger partial charge in [-0.25, -0.2) is 9.18 Å². The smallest absolute Gasteiger partial charge is 0.315 e. The van der Waals surface area contributed by atoms with Gasteiger partial charge in [0.25, 0.3) is 0 Å². The van der Waals surface area contributed by atoms with Crippen LogP contribution in [0.1, 0.15) is 11.6 Å². The summed E-state index contributed by atoms with van der Waals surface area (Å²) in [5, 5.41) is 5.21. The average molecular weight is 259 g/mol. The minimum absolute atomic E-state index is 0.255. The van der Waals surface area contributed by atoms with Crippen LogP contribution in [-0.4, -0.2) is 12.6 Å². The molecule has 5 heteroatoms. The van der Waals surface area contributed by atoms with Gasteiger partial charge in [-0.1, -0.05) is 15.9 Å². The van der Waals surface area contributed by atoms with E-state index in [1.54, 1.807) is 12.1 Å². The molecule has 1 aliphatic heterocycles. The fraction of sp³-hybridized carbons (Fsp3) is 0.222. The topological polar surface area (TPSA) is 41.1 Å². The quantitative estimate of drug-likeness (QED) is 0.795. The first-order valence-corrected chi connectivity index (χ1v) is 4.95. The van der Waals surface area contributed by atoms with E-state index in [0.29, 0.717) is 12.1 Å². The van der Waals surface area contributed by atoms with Crippen molar-refractivity contribution in [3.63, 3.8) is 0 Å². The van der Waals surface area contributed by atoms with Gasteiger partial charge in [-0.3, -0.25) is 0 Å². The number of halogens is 2. The van der Waals surface area contributed by atoms with Gasteiger partial charge in [0.05, 0.1) is 6.04 Å². The molecule has 1 aromatic rings. The molecule has 14 heavy (non-hydrogen) atoms. The molecule has 0 unspecified atom stereocenters. The Bertz CT molecular complexity index is 383. The zero-order valence-electron chi connectivity index (χ0n) is 7.18. The Morgan fingerprint density at radius 3 is 2.93 bits per heavy atom. The Morgan fingerprint density at radius 1 is 1.50 bits per heavy atom. The first-order chi connectivity index (χ1) is 6.66. The van der Waals surface area contributed by atoms with Gasteiger partial charge < -0.3 is 10.6 Å². The molecule has 0 bridgehead atoms. The van der Waals surface area contributed by atoms with E-state index in [1.807, 2.05) is 0 Å². The number of hydrogen-bond donors (Lipinski definition) is 2. The van der Waals surface area contributed by atoms with Gasteiger partial charge in [-0.05, 0) is 18.2 Å². The molecule has 2 amide bonds. The Kier molecular flexibility index (Phi) is 2.41. The van der Waals surface area contributed by atoms with Crippen molar-refractivity contribution >= 4 is 22.0 Å². The van der Waals surface area contributed by atoms with Crippen molar-refractivity contribution in [3.8, 4) is 0 Å². The Labute approximate surface area is 88.8 Å². The molecule has 2 rings (SSSR count). The molecule has 0 radical (unpaired) electrons. The molecular formula is C9H8BrFN2O. The number of carbonyl (C=O) groups is 1. The Balaban J connectivity index is 2.31. The summed E-state index contributed by atoms with van der Waals surface area (Å²) in [6.45, 7) is 0.423. The number of amides is 2. The van der Waals surface area contributed by atoms with Crippen molar-refractivity contribution in [3.05, 3.63) is 34.1 Å². The summed E-state index contributed by atoms with van der Waals surface area (Å²) in [6.07, 6.45) is 0. The van der Waals surface area contributed by atoms with Gasteiger partial charge in [0.15, 0.2) is 0 Å². The molecule has 1 fully saturated rings. The van der Waals surface area contributed by atoms with Crippen LogP contribution in [0.4, 0.5) is 9.18 Å². The molecule has 1 aromatic carbocycles. The van der Waals surface area contributed by atoms with Crippen LogP contribution in [-0.2, 0) is 0 Å². The first-order valence-electron chi connectivity index (χ1n) is 4.16. The molecule has 0 spiro atoms. The van der Waals surface area contributed by atoms with Crippen LogP contribution < -0.4 is 10.6 Å². The summed E-state index contributed by atoms with van der Waals surface area (Å²) in [7, 11) is 0. The number of carbonyl (C=O) groups excluding carboxylic acids is 1. The minimum atomic E-state index is -0.304. The lowest BCUT2D eigenvalue weighted by Gasteiger charge is -2.10. The Hall–Kier alpha value is -1.10. The highest BCUT2D eigenvalue weighted by molar-refractivity contribution is 9.10. The highest BCUT2D eigenvalue weighted by atomic mass is 79.9. The van der Waals surface area contributed by atoms with Crippen LogP contribution in [0.25, 0.3) is 0 Å². The second-order valence-electron chi connectivity index (χ2n) is 3.07. The van der Waals surface area contributed by atoms with Crippen LogP contribution >= 0.6 is 15.9 Å². The predicted octanol–water partition coefficient (Wildman–Crippen LogP) is 1.94. The summed E-state index contributed by atoms with van der Waals surface area (Å²) >= 11 is 3.26. The van der Waals surface area contributed by atoms with Crippen LogP contribution in [0, 0.1) is 5.82 Å². The fourth-order valence-corrected chi connectivity index (χ4v) is 1.80. The van der Waals surface area contributed by atoms with Crippen molar-refractivity contribution in [1.29, 1.82) is 0 Å². The summed E-state index contributed by atoms with van der Waals surface area (Å²) in [5.41, 5.74) is 0.498. The van der Waals surface area contributed by atoms with Crippen molar-refractivity contribution in [2.24, 2.45) is 0 Å². The number of nitrogens with one attached hydrogen (secondary N) is 2. The number of benzene rings is 1. The van der Waals surface area contributed by atoms with Crippen molar-refractivity contribution in [1.82, 2.24) is 10.6 Å². The molecular weight excluding hydrogens is 251 g/mol. The lowest BCUT2D eigenvalue weighted by molar-refractivity contribution is 0.247. The highest BCUT2D eigenvalue weighted by Crippen LogP contribution is 2.22.